The summed E-state index contributed by atoms with van der Waals surface area (Å²) in [4.78, 5) is 22.6. The maximum Gasteiger partial charge on any atom is 0.417 e. The first-order valence-electron chi connectivity index (χ1n) is 11.9. The van der Waals surface area contributed by atoms with Gasteiger partial charge in [-0.25, -0.2) is 14.7 Å². The predicted molar refractivity (Wildman–Crippen MR) is 130 cm³/mol. The fraction of sp³-hybridized carbons (Fsp3) is 0.346. The number of pyridine rings is 2. The monoisotopic (exact) mass is 492 g/mol. The second-order valence-corrected chi connectivity index (χ2v) is 8.58. The summed E-state index contributed by atoms with van der Waals surface area (Å²) in [5.41, 5.74) is 3.01. The van der Waals surface area contributed by atoms with Gasteiger partial charge in [0, 0.05) is 24.4 Å². The van der Waals surface area contributed by atoms with Gasteiger partial charge in [0.05, 0.1) is 30.8 Å². The zero-order valence-corrected chi connectivity index (χ0v) is 19.9. The predicted octanol–water partition coefficient (Wildman–Crippen LogP) is 3.44. The Bertz CT molecular complexity index is 1250. The number of hydrogen-bond donors (Lipinski definition) is 2. The molecule has 5 rings (SSSR count). The summed E-state index contributed by atoms with van der Waals surface area (Å²) < 4.78 is 22.1. The first-order chi connectivity index (χ1) is 17.6. The van der Waals surface area contributed by atoms with Gasteiger partial charge in [-0.2, -0.15) is 0 Å². The molecule has 36 heavy (non-hydrogen) atoms. The number of aliphatic hydroxyl groups excluding tert-OH is 1. The number of aromatic nitrogens is 2. The highest BCUT2D eigenvalue weighted by Crippen LogP contribution is 2.29. The Morgan fingerprint density at radius 3 is 3.06 bits per heavy atom. The van der Waals surface area contributed by atoms with Crippen LogP contribution in [0.15, 0.2) is 72.4 Å². The summed E-state index contributed by atoms with van der Waals surface area (Å²) in [6, 6.07) is 5.31. The number of methoxy groups -OCH3 is 1. The number of ether oxygens (including phenoxy) is 4. The van der Waals surface area contributed by atoms with Crippen molar-refractivity contribution >= 4 is 17.1 Å². The van der Waals surface area contributed by atoms with Crippen molar-refractivity contribution in [1.82, 2.24) is 20.2 Å². The lowest BCUT2D eigenvalue weighted by molar-refractivity contribution is 0.118. The molecule has 0 aromatic carbocycles. The van der Waals surface area contributed by atoms with Crippen molar-refractivity contribution in [2.75, 3.05) is 26.7 Å². The highest BCUT2D eigenvalue weighted by Gasteiger charge is 2.36. The van der Waals surface area contributed by atoms with Crippen molar-refractivity contribution < 1.29 is 28.8 Å². The molecule has 2 N–H and O–H groups in total. The Kier molecular flexibility index (Phi) is 7.15. The van der Waals surface area contributed by atoms with Gasteiger partial charge < -0.3 is 29.4 Å². The number of carbonyl (C=O) groups excluding carboxylic acids is 1. The molecule has 2 atom stereocenters. The molecule has 0 bridgehead atoms. The maximum absolute atomic E-state index is 12.5. The van der Waals surface area contributed by atoms with E-state index in [9.17, 15) is 9.90 Å². The number of fused-ring (bicyclic) bond motifs is 1. The maximum atomic E-state index is 12.5. The van der Waals surface area contributed by atoms with Crippen LogP contribution in [-0.4, -0.2) is 58.9 Å². The summed E-state index contributed by atoms with van der Waals surface area (Å²) in [6.45, 7) is 1.28. The van der Waals surface area contributed by atoms with Crippen LogP contribution in [0.4, 0.5) is 4.79 Å². The van der Waals surface area contributed by atoms with Gasteiger partial charge in [0.25, 0.3) is 0 Å². The van der Waals surface area contributed by atoms with E-state index >= 15 is 0 Å². The summed E-state index contributed by atoms with van der Waals surface area (Å²) in [6.07, 6.45) is 11.3. The van der Waals surface area contributed by atoms with E-state index < -0.39 is 12.2 Å². The van der Waals surface area contributed by atoms with E-state index in [1.165, 1.54) is 17.4 Å². The van der Waals surface area contributed by atoms with Crippen LogP contribution in [0.1, 0.15) is 30.9 Å². The molecule has 0 spiro atoms. The number of nitrogens with one attached hydrogen (secondary N) is 1. The minimum Gasteiger partial charge on any atom is -0.481 e. The second-order valence-electron chi connectivity index (χ2n) is 8.58. The normalized spacial score (nSPS) is 20.2. The van der Waals surface area contributed by atoms with Crippen LogP contribution in [0.5, 0.6) is 5.88 Å². The fourth-order valence-corrected chi connectivity index (χ4v) is 4.26. The van der Waals surface area contributed by atoms with Crippen molar-refractivity contribution in [2.24, 2.45) is 0 Å². The summed E-state index contributed by atoms with van der Waals surface area (Å²) in [5.74, 6) is 1.36. The number of cyclic esters (lactones) is 1. The number of aliphatic hydroxyl groups is 1. The van der Waals surface area contributed by atoms with Crippen LogP contribution in [0.25, 0.3) is 11.0 Å². The van der Waals surface area contributed by atoms with Crippen LogP contribution in [-0.2, 0) is 14.2 Å². The molecule has 1 aliphatic carbocycles. The fourth-order valence-electron chi connectivity index (χ4n) is 4.26. The van der Waals surface area contributed by atoms with Gasteiger partial charge in [0.1, 0.15) is 12.4 Å². The molecule has 188 valence electrons. The van der Waals surface area contributed by atoms with E-state index in [1.807, 2.05) is 18.2 Å². The van der Waals surface area contributed by atoms with Crippen LogP contribution >= 0.6 is 0 Å². The van der Waals surface area contributed by atoms with Gasteiger partial charge in [-0.15, -0.1) is 0 Å². The molecule has 3 aliphatic rings. The third-order valence-corrected chi connectivity index (χ3v) is 6.15. The minimum absolute atomic E-state index is 0.304. The average molecular weight is 493 g/mol. The summed E-state index contributed by atoms with van der Waals surface area (Å²) in [5, 5.41) is 14.0. The molecule has 2 aliphatic heterocycles. The SMILES string of the molecule is COc1ccc2nccc([C@@H](O)CCNC[C@@H]3CN(C4=COC=C(C5=CC=CCC5)O4)C(=O)O3)c2n1. The Morgan fingerprint density at radius 1 is 1.31 bits per heavy atom. The molecule has 1 amide bonds. The molecule has 0 saturated carbocycles. The van der Waals surface area contributed by atoms with Crippen molar-refractivity contribution in [2.45, 2.75) is 31.5 Å². The molecule has 10 heteroatoms. The zero-order chi connectivity index (χ0) is 24.9. The molecular weight excluding hydrogens is 464 g/mol. The van der Waals surface area contributed by atoms with Gasteiger partial charge in [-0.3, -0.25) is 4.98 Å². The van der Waals surface area contributed by atoms with Gasteiger partial charge in [-0.05, 0) is 43.5 Å². The van der Waals surface area contributed by atoms with Gasteiger partial charge >= 0.3 is 6.09 Å². The minimum atomic E-state index is -0.739. The lowest BCUT2D eigenvalue weighted by Gasteiger charge is -2.23. The third-order valence-electron chi connectivity index (χ3n) is 6.15. The molecule has 0 radical (unpaired) electrons. The lowest BCUT2D eigenvalue weighted by atomic mass is 10.0. The molecular formula is C26H28N4O6. The van der Waals surface area contributed by atoms with Gasteiger partial charge in [0.15, 0.2) is 12.0 Å². The molecule has 0 unspecified atom stereocenters. The first kappa shape index (κ1) is 23.8. The van der Waals surface area contributed by atoms with Crippen molar-refractivity contribution in [3.05, 3.63) is 77.9 Å². The highest BCUT2D eigenvalue weighted by molar-refractivity contribution is 5.78. The van der Waals surface area contributed by atoms with E-state index in [1.54, 1.807) is 25.4 Å². The topological polar surface area (TPSA) is 115 Å². The molecule has 1 saturated heterocycles. The van der Waals surface area contributed by atoms with Crippen LogP contribution in [0.3, 0.4) is 0 Å². The molecule has 1 fully saturated rings. The Morgan fingerprint density at radius 2 is 2.22 bits per heavy atom. The average Bonchev–Trinajstić information content (AvgIpc) is 3.31. The van der Waals surface area contributed by atoms with E-state index in [4.69, 9.17) is 18.9 Å². The number of hydrogen-bond acceptors (Lipinski definition) is 9. The quantitative estimate of drug-likeness (QED) is 0.508. The Hall–Kier alpha value is -3.89. The summed E-state index contributed by atoms with van der Waals surface area (Å²) >= 11 is 0. The van der Waals surface area contributed by atoms with Crippen LogP contribution < -0.4 is 10.1 Å². The van der Waals surface area contributed by atoms with Crippen molar-refractivity contribution in [3.63, 3.8) is 0 Å². The van der Waals surface area contributed by atoms with Gasteiger partial charge in [0.2, 0.25) is 11.8 Å². The Labute approximate surface area is 208 Å². The standard InChI is InChI=1S/C26H28N4O6/c1-33-23-8-7-20-25(29-23)19(9-12-28-20)21(31)10-11-27-13-18-14-30(26(32)35-18)24-16-34-15-22(36-24)17-5-3-2-4-6-17/h2-3,5,7-9,12,15-16,18,21,27,31H,4,6,10-11,13-14H2,1H3/t18-,21+/m1/s1. The largest absolute Gasteiger partial charge is 0.481 e. The second kappa shape index (κ2) is 10.8. The van der Waals surface area contributed by atoms with Crippen LogP contribution in [0, 0.1) is 0 Å². The molecule has 4 heterocycles. The van der Waals surface area contributed by atoms with Gasteiger partial charge in [-0.1, -0.05) is 18.2 Å². The van der Waals surface area contributed by atoms with Crippen molar-refractivity contribution in [3.8, 4) is 5.88 Å². The highest BCUT2D eigenvalue weighted by atomic mass is 16.6. The van der Waals surface area contributed by atoms with E-state index in [0.29, 0.717) is 60.2 Å². The number of allylic oxidation sites excluding steroid dienone is 4. The lowest BCUT2D eigenvalue weighted by Crippen LogP contribution is -2.32. The van der Waals surface area contributed by atoms with Crippen molar-refractivity contribution in [1.29, 1.82) is 0 Å². The number of nitrogens with zero attached hydrogens (tertiary/aromatic N) is 3. The first-order valence-corrected chi connectivity index (χ1v) is 11.9. The van der Waals surface area contributed by atoms with Crippen LogP contribution in [0.2, 0.25) is 0 Å². The van der Waals surface area contributed by atoms with E-state index in [0.717, 1.165) is 18.4 Å². The number of carbonyl (C=O) groups is 1. The zero-order valence-electron chi connectivity index (χ0n) is 19.9. The molecule has 10 nitrogen and oxygen atoms in total. The van der Waals surface area contributed by atoms with E-state index in [2.05, 4.69) is 21.4 Å². The summed E-state index contributed by atoms with van der Waals surface area (Å²) in [7, 11) is 1.55. The Balaban J connectivity index is 1.11. The third kappa shape index (κ3) is 5.19. The molecule has 2 aromatic rings. The smallest absolute Gasteiger partial charge is 0.417 e. The number of amides is 1. The number of rotatable bonds is 9. The van der Waals surface area contributed by atoms with E-state index in [-0.39, 0.29) is 6.10 Å². The molecule has 2 aromatic heterocycles.